The maximum Gasteiger partial charge on any atom is 0.270 e. The number of benzene rings is 2. The van der Waals surface area contributed by atoms with Crippen LogP contribution in [0.4, 0.5) is 14.5 Å². The van der Waals surface area contributed by atoms with Crippen LogP contribution in [0.25, 0.3) is 10.6 Å². The lowest BCUT2D eigenvalue weighted by molar-refractivity contribution is -0.111. The van der Waals surface area contributed by atoms with Crippen molar-refractivity contribution in [1.29, 1.82) is 0 Å². The molecule has 1 amide bonds. The minimum absolute atomic E-state index is 0.0587. The van der Waals surface area contributed by atoms with E-state index < -0.39 is 17.4 Å². The maximum absolute atomic E-state index is 13.8. The minimum Gasteiger partial charge on any atom is -0.386 e. The largest absolute Gasteiger partial charge is 0.386 e. The van der Waals surface area contributed by atoms with Crippen molar-refractivity contribution in [1.82, 2.24) is 4.98 Å². The van der Waals surface area contributed by atoms with E-state index in [1.165, 1.54) is 35.6 Å². The molecule has 1 saturated carbocycles. The number of anilines is 1. The van der Waals surface area contributed by atoms with Gasteiger partial charge in [-0.15, -0.1) is 11.3 Å². The first-order valence-corrected chi connectivity index (χ1v) is 12.9. The molecule has 1 heterocycles. The van der Waals surface area contributed by atoms with Gasteiger partial charge in [0.25, 0.3) is 11.8 Å². The Bertz CT molecular complexity index is 1240. The fraction of sp³-hybridized carbons (Fsp3) is 0.393. The quantitative estimate of drug-likeness (QED) is 0.339. The van der Waals surface area contributed by atoms with Crippen LogP contribution in [0.2, 0.25) is 0 Å². The number of nitrogens with one attached hydrogen (secondary N) is 1. The predicted molar refractivity (Wildman–Crippen MR) is 138 cm³/mol. The fourth-order valence-corrected chi connectivity index (χ4v) is 5.48. The molecule has 36 heavy (non-hydrogen) atoms. The second-order valence-corrected chi connectivity index (χ2v) is 10.9. The highest BCUT2D eigenvalue weighted by molar-refractivity contribution is 7.13. The van der Waals surface area contributed by atoms with E-state index in [0.717, 1.165) is 55.0 Å². The van der Waals surface area contributed by atoms with Gasteiger partial charge in [0.1, 0.15) is 11.3 Å². The van der Waals surface area contributed by atoms with Crippen molar-refractivity contribution < 1.29 is 23.5 Å². The normalized spacial score (nSPS) is 18.6. The van der Waals surface area contributed by atoms with E-state index in [1.54, 1.807) is 20.0 Å². The highest BCUT2D eigenvalue weighted by atomic mass is 32.1. The van der Waals surface area contributed by atoms with E-state index in [2.05, 4.69) is 10.3 Å². The molecule has 2 aromatic carbocycles. The van der Waals surface area contributed by atoms with Crippen molar-refractivity contribution in [2.75, 3.05) is 5.32 Å². The van der Waals surface area contributed by atoms with E-state index in [4.69, 9.17) is 0 Å². The van der Waals surface area contributed by atoms with E-state index in [1.807, 2.05) is 17.5 Å². The zero-order valence-electron chi connectivity index (χ0n) is 20.6. The van der Waals surface area contributed by atoms with Gasteiger partial charge in [-0.3, -0.25) is 4.79 Å². The molecule has 0 aliphatic heterocycles. The third-order valence-electron chi connectivity index (χ3n) is 6.80. The summed E-state index contributed by atoms with van der Waals surface area (Å²) in [6, 6.07) is 9.14. The second kappa shape index (κ2) is 10.2. The molecule has 1 aromatic heterocycles. The lowest BCUT2D eigenvalue weighted by Gasteiger charge is -2.30. The molecular formula is C28H30F2N2O3S. The Balaban J connectivity index is 1.78. The third-order valence-corrected chi connectivity index (χ3v) is 7.60. The van der Waals surface area contributed by atoms with Gasteiger partial charge < -0.3 is 15.2 Å². The summed E-state index contributed by atoms with van der Waals surface area (Å²) in [5.74, 6) is -3.39. The number of alkyl halides is 2. The lowest BCUT2D eigenvalue weighted by atomic mass is 9.77. The van der Waals surface area contributed by atoms with Crippen LogP contribution in [0, 0.1) is 5.92 Å². The number of amides is 1. The topological polar surface area (TPSA) is 79.3 Å². The summed E-state index contributed by atoms with van der Waals surface area (Å²) in [6.45, 7) is 4.06. The van der Waals surface area contributed by atoms with Gasteiger partial charge in [-0.1, -0.05) is 12.1 Å². The van der Waals surface area contributed by atoms with E-state index in [-0.39, 0.29) is 23.0 Å². The van der Waals surface area contributed by atoms with Crippen molar-refractivity contribution in [2.45, 2.75) is 63.9 Å². The minimum atomic E-state index is -3.07. The molecule has 0 radical (unpaired) electrons. The molecule has 5 nitrogen and oxygen atoms in total. The smallest absolute Gasteiger partial charge is 0.270 e. The number of aromatic nitrogens is 1. The summed E-state index contributed by atoms with van der Waals surface area (Å²) in [5, 5.41) is 16.6. The first kappa shape index (κ1) is 26.1. The number of carbonyl (C=O) groups is 2. The average Bonchev–Trinajstić information content (AvgIpc) is 3.37. The fourth-order valence-electron chi connectivity index (χ4n) is 4.80. The SMILES string of the molecule is CC(C)(O)c1cc(-c2nccs2)c(C2CCC(C=O)CC2)cc1NC(=O)c1cccc(C(C)(F)F)c1. The Hall–Kier alpha value is -2.97. The first-order valence-electron chi connectivity index (χ1n) is 12.0. The molecule has 0 spiro atoms. The second-order valence-electron chi connectivity index (χ2n) is 10.1. The highest BCUT2D eigenvalue weighted by Crippen LogP contribution is 2.44. The van der Waals surface area contributed by atoms with Gasteiger partial charge >= 0.3 is 0 Å². The van der Waals surface area contributed by atoms with E-state index in [0.29, 0.717) is 11.3 Å². The number of nitrogens with zero attached hydrogens (tertiary/aromatic N) is 1. The standard InChI is InChI=1S/C28H30F2N2O3S/c1-27(2,35)23-14-22(26-31-11-12-36-26)21(18-9-7-17(16-33)8-10-18)15-24(23)32-25(34)19-5-4-6-20(13-19)28(3,29)30/h4-6,11-18,35H,7-10H2,1-3H3,(H,32,34). The molecule has 190 valence electrons. The Kier molecular flexibility index (Phi) is 7.38. The Labute approximate surface area is 213 Å². The van der Waals surface area contributed by atoms with Crippen LogP contribution < -0.4 is 5.32 Å². The van der Waals surface area contributed by atoms with Crippen LogP contribution in [-0.2, 0) is 16.3 Å². The molecule has 1 aliphatic rings. The van der Waals surface area contributed by atoms with Gasteiger partial charge in [0.2, 0.25) is 0 Å². The maximum atomic E-state index is 13.8. The van der Waals surface area contributed by atoms with Gasteiger partial charge in [-0.25, -0.2) is 13.8 Å². The number of rotatable bonds is 7. The molecule has 0 unspecified atom stereocenters. The van der Waals surface area contributed by atoms with Gasteiger partial charge in [0, 0.05) is 52.4 Å². The van der Waals surface area contributed by atoms with Crippen molar-refractivity contribution >= 4 is 29.2 Å². The van der Waals surface area contributed by atoms with Gasteiger partial charge in [-0.05, 0) is 75.3 Å². The third kappa shape index (κ3) is 5.71. The van der Waals surface area contributed by atoms with E-state index >= 15 is 0 Å². The Morgan fingerprint density at radius 1 is 1.14 bits per heavy atom. The summed E-state index contributed by atoms with van der Waals surface area (Å²) in [6.07, 6.45) is 5.98. The zero-order valence-corrected chi connectivity index (χ0v) is 21.4. The first-order chi connectivity index (χ1) is 17.0. The summed E-state index contributed by atoms with van der Waals surface area (Å²) < 4.78 is 27.7. The number of aliphatic hydroxyl groups is 1. The average molecular weight is 513 g/mol. The summed E-state index contributed by atoms with van der Waals surface area (Å²) >= 11 is 1.49. The Morgan fingerprint density at radius 3 is 2.44 bits per heavy atom. The molecule has 1 fully saturated rings. The highest BCUT2D eigenvalue weighted by Gasteiger charge is 2.30. The molecule has 4 rings (SSSR count). The summed E-state index contributed by atoms with van der Waals surface area (Å²) in [4.78, 5) is 28.9. The molecule has 2 N–H and O–H groups in total. The van der Waals surface area contributed by atoms with Crippen molar-refractivity contribution in [3.05, 3.63) is 70.2 Å². The van der Waals surface area contributed by atoms with E-state index in [9.17, 15) is 23.5 Å². The van der Waals surface area contributed by atoms with Crippen LogP contribution in [0.5, 0.6) is 0 Å². The zero-order chi connectivity index (χ0) is 26.1. The molecule has 1 aliphatic carbocycles. The summed E-state index contributed by atoms with van der Waals surface area (Å²) in [7, 11) is 0. The predicted octanol–water partition coefficient (Wildman–Crippen LogP) is 6.87. The monoisotopic (exact) mass is 512 g/mol. The Morgan fingerprint density at radius 2 is 1.86 bits per heavy atom. The number of carbonyl (C=O) groups excluding carboxylic acids is 2. The van der Waals surface area contributed by atoms with Crippen LogP contribution in [0.15, 0.2) is 48.0 Å². The number of aldehydes is 1. The summed E-state index contributed by atoms with van der Waals surface area (Å²) in [5.41, 5.74) is 1.38. The van der Waals surface area contributed by atoms with Gasteiger partial charge in [-0.2, -0.15) is 0 Å². The molecule has 0 atom stereocenters. The van der Waals surface area contributed by atoms with Crippen molar-refractivity contribution in [3.8, 4) is 10.6 Å². The number of hydrogen-bond acceptors (Lipinski definition) is 5. The molecule has 0 saturated heterocycles. The van der Waals surface area contributed by atoms with Crippen LogP contribution in [-0.4, -0.2) is 22.3 Å². The van der Waals surface area contributed by atoms with Gasteiger partial charge in [0.05, 0.1) is 5.60 Å². The molecule has 3 aromatic rings. The molecule has 8 heteroatoms. The number of thiazole rings is 1. The van der Waals surface area contributed by atoms with Crippen LogP contribution in [0.1, 0.15) is 79.4 Å². The van der Waals surface area contributed by atoms with Crippen molar-refractivity contribution in [2.24, 2.45) is 5.92 Å². The number of hydrogen-bond donors (Lipinski definition) is 2. The lowest BCUT2D eigenvalue weighted by Crippen LogP contribution is -2.23. The van der Waals surface area contributed by atoms with Crippen LogP contribution in [0.3, 0.4) is 0 Å². The van der Waals surface area contributed by atoms with Crippen LogP contribution >= 0.6 is 11.3 Å². The molecule has 0 bridgehead atoms. The van der Waals surface area contributed by atoms with Crippen molar-refractivity contribution in [3.63, 3.8) is 0 Å². The molecular weight excluding hydrogens is 482 g/mol. The van der Waals surface area contributed by atoms with Gasteiger partial charge in [0.15, 0.2) is 0 Å². The number of halogens is 2.